The van der Waals surface area contributed by atoms with Crippen molar-refractivity contribution in [3.63, 3.8) is 0 Å². The summed E-state index contributed by atoms with van der Waals surface area (Å²) in [5.41, 5.74) is 3.79. The number of benzene rings is 2. The van der Waals surface area contributed by atoms with Crippen LogP contribution in [0, 0.1) is 0 Å². The van der Waals surface area contributed by atoms with E-state index in [1.54, 1.807) is 29.2 Å². The van der Waals surface area contributed by atoms with E-state index in [-0.39, 0.29) is 5.91 Å². The summed E-state index contributed by atoms with van der Waals surface area (Å²) in [6.07, 6.45) is 3.42. The van der Waals surface area contributed by atoms with Crippen LogP contribution in [0.25, 0.3) is 16.9 Å². The first kappa shape index (κ1) is 21.3. The fourth-order valence-corrected chi connectivity index (χ4v) is 4.18. The SMILES string of the molecule is O=C(c1nnn(-c2ccc(Cl)cc2)c1-c1cccnc1)N1CCN(Cc2ccccc2)CC1. The number of pyridine rings is 1. The molecule has 0 aliphatic carbocycles. The maximum atomic E-state index is 13.5. The number of carbonyl (C=O) groups is 1. The fourth-order valence-electron chi connectivity index (χ4n) is 4.05. The average molecular weight is 459 g/mol. The Labute approximate surface area is 197 Å². The van der Waals surface area contributed by atoms with E-state index in [4.69, 9.17) is 11.6 Å². The maximum Gasteiger partial charge on any atom is 0.276 e. The van der Waals surface area contributed by atoms with Gasteiger partial charge in [-0.05, 0) is 42.0 Å². The smallest absolute Gasteiger partial charge is 0.276 e. The van der Waals surface area contributed by atoms with Crippen molar-refractivity contribution in [1.29, 1.82) is 0 Å². The van der Waals surface area contributed by atoms with Crippen LogP contribution in [-0.2, 0) is 6.54 Å². The number of nitrogens with zero attached hydrogens (tertiary/aromatic N) is 6. The first-order chi connectivity index (χ1) is 16.2. The summed E-state index contributed by atoms with van der Waals surface area (Å²) in [6, 6.07) is 21.4. The second kappa shape index (κ2) is 9.52. The van der Waals surface area contributed by atoms with E-state index >= 15 is 0 Å². The average Bonchev–Trinajstić information content (AvgIpc) is 3.31. The summed E-state index contributed by atoms with van der Waals surface area (Å²) in [4.78, 5) is 22.0. The van der Waals surface area contributed by atoms with Crippen molar-refractivity contribution in [3.05, 3.63) is 95.4 Å². The Bertz CT molecular complexity index is 1220. The molecule has 4 aromatic rings. The summed E-state index contributed by atoms with van der Waals surface area (Å²) in [5, 5.41) is 9.25. The van der Waals surface area contributed by atoms with E-state index in [9.17, 15) is 4.79 Å². The van der Waals surface area contributed by atoms with Crippen LogP contribution in [0.5, 0.6) is 0 Å². The van der Waals surface area contributed by atoms with Crippen molar-refractivity contribution >= 4 is 17.5 Å². The zero-order chi connectivity index (χ0) is 22.6. The van der Waals surface area contributed by atoms with E-state index < -0.39 is 0 Å². The number of rotatable bonds is 5. The molecule has 0 N–H and O–H groups in total. The van der Waals surface area contributed by atoms with Crippen molar-refractivity contribution in [1.82, 2.24) is 29.8 Å². The van der Waals surface area contributed by atoms with Gasteiger partial charge in [-0.25, -0.2) is 4.68 Å². The first-order valence-electron chi connectivity index (χ1n) is 10.9. The van der Waals surface area contributed by atoms with Gasteiger partial charge < -0.3 is 4.90 Å². The van der Waals surface area contributed by atoms with Crippen LogP contribution in [0.1, 0.15) is 16.1 Å². The lowest BCUT2D eigenvalue weighted by atomic mass is 10.1. The van der Waals surface area contributed by atoms with Gasteiger partial charge in [-0.3, -0.25) is 14.7 Å². The summed E-state index contributed by atoms with van der Waals surface area (Å²) < 4.78 is 1.67. The Morgan fingerprint density at radius 3 is 2.36 bits per heavy atom. The maximum absolute atomic E-state index is 13.5. The van der Waals surface area contributed by atoms with Gasteiger partial charge in [0, 0.05) is 55.7 Å². The van der Waals surface area contributed by atoms with E-state index in [1.807, 2.05) is 35.2 Å². The molecule has 7 nitrogen and oxygen atoms in total. The standard InChI is InChI=1S/C25H23ClN6O/c26-21-8-10-22(11-9-21)32-24(20-7-4-12-27-17-20)23(28-29-32)25(33)31-15-13-30(14-16-31)18-19-5-2-1-3-6-19/h1-12,17H,13-16,18H2. The summed E-state index contributed by atoms with van der Waals surface area (Å²) in [7, 11) is 0. The van der Waals surface area contributed by atoms with Crippen LogP contribution in [0.15, 0.2) is 79.1 Å². The lowest BCUT2D eigenvalue weighted by Gasteiger charge is -2.34. The number of piperazine rings is 1. The van der Waals surface area contributed by atoms with Gasteiger partial charge >= 0.3 is 0 Å². The molecule has 5 rings (SSSR count). The molecule has 0 saturated carbocycles. The monoisotopic (exact) mass is 458 g/mol. The number of carbonyl (C=O) groups excluding carboxylic acids is 1. The van der Waals surface area contributed by atoms with Crippen LogP contribution in [0.4, 0.5) is 0 Å². The molecule has 1 aliphatic rings. The molecule has 8 heteroatoms. The minimum absolute atomic E-state index is 0.117. The number of aromatic nitrogens is 4. The third-order valence-electron chi connectivity index (χ3n) is 5.79. The molecule has 1 amide bonds. The minimum Gasteiger partial charge on any atom is -0.335 e. The summed E-state index contributed by atoms with van der Waals surface area (Å²) >= 11 is 6.06. The molecule has 1 fully saturated rings. The highest BCUT2D eigenvalue weighted by atomic mass is 35.5. The molecule has 33 heavy (non-hydrogen) atoms. The topological polar surface area (TPSA) is 67.2 Å². The van der Waals surface area contributed by atoms with Crippen molar-refractivity contribution in [3.8, 4) is 16.9 Å². The first-order valence-corrected chi connectivity index (χ1v) is 11.2. The molecule has 3 heterocycles. The molecule has 1 aliphatic heterocycles. The van der Waals surface area contributed by atoms with Crippen LogP contribution >= 0.6 is 11.6 Å². The van der Waals surface area contributed by atoms with Gasteiger partial charge in [0.2, 0.25) is 0 Å². The molecular formula is C25H23ClN6O. The lowest BCUT2D eigenvalue weighted by molar-refractivity contribution is 0.0623. The molecule has 0 radical (unpaired) electrons. The van der Waals surface area contributed by atoms with Gasteiger partial charge in [0.25, 0.3) is 5.91 Å². The zero-order valence-electron chi connectivity index (χ0n) is 18.0. The number of amides is 1. The Morgan fingerprint density at radius 1 is 0.909 bits per heavy atom. The van der Waals surface area contributed by atoms with E-state index in [2.05, 4.69) is 44.5 Å². The van der Waals surface area contributed by atoms with Gasteiger partial charge in [0.15, 0.2) is 5.69 Å². The highest BCUT2D eigenvalue weighted by molar-refractivity contribution is 6.30. The molecular weight excluding hydrogens is 436 g/mol. The van der Waals surface area contributed by atoms with E-state index in [1.165, 1.54) is 5.56 Å². The highest BCUT2D eigenvalue weighted by Crippen LogP contribution is 2.26. The molecule has 0 spiro atoms. The normalized spacial score (nSPS) is 14.4. The van der Waals surface area contributed by atoms with Gasteiger partial charge in [-0.15, -0.1) is 5.10 Å². The molecule has 0 atom stereocenters. The van der Waals surface area contributed by atoms with Gasteiger partial charge in [0.1, 0.15) is 5.69 Å². The minimum atomic E-state index is -0.117. The largest absolute Gasteiger partial charge is 0.335 e. The van der Waals surface area contributed by atoms with Crippen LogP contribution in [-0.4, -0.2) is 61.9 Å². The molecule has 166 valence electrons. The van der Waals surface area contributed by atoms with E-state index in [0.717, 1.165) is 30.9 Å². The van der Waals surface area contributed by atoms with Gasteiger partial charge in [-0.2, -0.15) is 0 Å². The number of hydrogen-bond acceptors (Lipinski definition) is 5. The summed E-state index contributed by atoms with van der Waals surface area (Å²) in [5.74, 6) is -0.117. The van der Waals surface area contributed by atoms with Crippen molar-refractivity contribution in [2.24, 2.45) is 0 Å². The van der Waals surface area contributed by atoms with Crippen LogP contribution in [0.3, 0.4) is 0 Å². The second-order valence-corrected chi connectivity index (χ2v) is 8.41. The second-order valence-electron chi connectivity index (χ2n) is 7.97. The Morgan fingerprint density at radius 2 is 1.67 bits per heavy atom. The van der Waals surface area contributed by atoms with Gasteiger partial charge in [-0.1, -0.05) is 47.1 Å². The molecule has 1 saturated heterocycles. The van der Waals surface area contributed by atoms with Crippen LogP contribution < -0.4 is 0 Å². The Balaban J connectivity index is 1.39. The summed E-state index contributed by atoms with van der Waals surface area (Å²) in [6.45, 7) is 3.80. The highest BCUT2D eigenvalue weighted by Gasteiger charge is 2.28. The van der Waals surface area contributed by atoms with Crippen molar-refractivity contribution in [2.75, 3.05) is 26.2 Å². The third-order valence-corrected chi connectivity index (χ3v) is 6.04. The number of halogens is 1. The van der Waals surface area contributed by atoms with Crippen molar-refractivity contribution in [2.45, 2.75) is 6.54 Å². The molecule has 0 bridgehead atoms. The van der Waals surface area contributed by atoms with Gasteiger partial charge in [0.05, 0.1) is 5.69 Å². The van der Waals surface area contributed by atoms with Crippen molar-refractivity contribution < 1.29 is 4.79 Å². The third kappa shape index (κ3) is 4.65. The number of hydrogen-bond donors (Lipinski definition) is 0. The Kier molecular flexibility index (Phi) is 6.15. The Hall–Kier alpha value is -3.55. The quantitative estimate of drug-likeness (QED) is 0.453. The predicted molar refractivity (Wildman–Crippen MR) is 127 cm³/mol. The van der Waals surface area contributed by atoms with Crippen LogP contribution in [0.2, 0.25) is 5.02 Å². The molecule has 0 unspecified atom stereocenters. The molecule has 2 aromatic heterocycles. The lowest BCUT2D eigenvalue weighted by Crippen LogP contribution is -2.48. The fraction of sp³-hybridized carbons (Fsp3) is 0.200. The molecule has 2 aromatic carbocycles. The predicted octanol–water partition coefficient (Wildman–Crippen LogP) is 3.94. The van der Waals surface area contributed by atoms with E-state index in [0.29, 0.717) is 29.5 Å². The zero-order valence-corrected chi connectivity index (χ0v) is 18.8.